The first-order chi connectivity index (χ1) is 15.1. The van der Waals surface area contributed by atoms with Crippen molar-refractivity contribution in [2.24, 2.45) is 0 Å². The molecule has 0 aliphatic heterocycles. The second-order valence-corrected chi connectivity index (χ2v) is 8.32. The van der Waals surface area contributed by atoms with Crippen molar-refractivity contribution in [1.82, 2.24) is 14.8 Å². The van der Waals surface area contributed by atoms with Crippen molar-refractivity contribution in [2.75, 3.05) is 5.43 Å². The molecule has 32 heavy (non-hydrogen) atoms. The molecule has 8 nitrogen and oxygen atoms in total. The smallest absolute Gasteiger partial charge is 0.434 e. The van der Waals surface area contributed by atoms with Crippen molar-refractivity contribution in [3.8, 4) is 0 Å². The van der Waals surface area contributed by atoms with Crippen LogP contribution in [0.5, 0.6) is 0 Å². The standard InChI is InChI=1S/C19H14ClF3N4O4S/c20-13-6-8-14(9-7-13)32(29,30)27-26-18-24-10-15(16(25-18)19(21,22)23)17(28)31-11-12-4-2-1-3-5-12/h1-10,27H,11H2,(H,24,25,26). The van der Waals surface area contributed by atoms with E-state index in [1.54, 1.807) is 30.3 Å². The van der Waals surface area contributed by atoms with Crippen LogP contribution in [-0.4, -0.2) is 24.4 Å². The molecule has 13 heteroatoms. The van der Waals surface area contributed by atoms with Crippen LogP contribution in [0, 0.1) is 0 Å². The number of nitrogens with one attached hydrogen (secondary N) is 2. The summed E-state index contributed by atoms with van der Waals surface area (Å²) in [6, 6.07) is 13.4. The van der Waals surface area contributed by atoms with Gasteiger partial charge in [-0.25, -0.2) is 23.2 Å². The van der Waals surface area contributed by atoms with Crippen molar-refractivity contribution in [3.05, 3.63) is 82.6 Å². The molecule has 1 aromatic heterocycles. The monoisotopic (exact) mass is 486 g/mol. The molecule has 0 unspecified atom stereocenters. The highest BCUT2D eigenvalue weighted by Gasteiger charge is 2.38. The fraction of sp³-hybridized carbons (Fsp3) is 0.105. The molecular weight excluding hydrogens is 473 g/mol. The van der Waals surface area contributed by atoms with Crippen LogP contribution < -0.4 is 10.3 Å². The zero-order valence-electron chi connectivity index (χ0n) is 15.9. The van der Waals surface area contributed by atoms with E-state index in [9.17, 15) is 26.4 Å². The second-order valence-electron chi connectivity index (χ2n) is 6.20. The normalized spacial score (nSPS) is 11.8. The number of hydrogen-bond donors (Lipinski definition) is 2. The topological polar surface area (TPSA) is 110 Å². The summed E-state index contributed by atoms with van der Waals surface area (Å²) in [7, 11) is -4.16. The average molecular weight is 487 g/mol. The van der Waals surface area contributed by atoms with E-state index >= 15 is 0 Å². The van der Waals surface area contributed by atoms with Crippen molar-refractivity contribution >= 4 is 33.5 Å². The van der Waals surface area contributed by atoms with Gasteiger partial charge < -0.3 is 4.74 Å². The average Bonchev–Trinajstić information content (AvgIpc) is 2.76. The third kappa shape index (κ3) is 5.93. The Morgan fingerprint density at radius 2 is 1.72 bits per heavy atom. The van der Waals surface area contributed by atoms with Gasteiger partial charge in [0, 0.05) is 11.2 Å². The van der Waals surface area contributed by atoms with Crippen LogP contribution in [0.3, 0.4) is 0 Å². The summed E-state index contributed by atoms with van der Waals surface area (Å²) in [6.07, 6.45) is -4.43. The minimum atomic E-state index is -5.03. The fourth-order valence-corrected chi connectivity index (χ4v) is 3.36. The maximum absolute atomic E-state index is 13.5. The summed E-state index contributed by atoms with van der Waals surface area (Å²) < 4.78 is 69.7. The van der Waals surface area contributed by atoms with E-state index in [0.717, 1.165) is 0 Å². The number of sulfonamides is 1. The highest BCUT2D eigenvalue weighted by molar-refractivity contribution is 7.89. The maximum Gasteiger partial charge on any atom is 0.434 e. The third-order valence-corrected chi connectivity index (χ3v) is 5.43. The number of ether oxygens (including phenoxy) is 1. The van der Waals surface area contributed by atoms with Gasteiger partial charge in [0.25, 0.3) is 10.0 Å². The molecule has 3 rings (SSSR count). The summed E-state index contributed by atoms with van der Waals surface area (Å²) in [6.45, 7) is -0.252. The van der Waals surface area contributed by atoms with Gasteiger partial charge in [0.2, 0.25) is 5.95 Å². The molecular formula is C19H14ClF3N4O4S. The summed E-state index contributed by atoms with van der Waals surface area (Å²) in [5.74, 6) is -2.01. The Morgan fingerprint density at radius 3 is 2.34 bits per heavy atom. The molecule has 0 atom stereocenters. The Bertz CT molecular complexity index is 1210. The van der Waals surface area contributed by atoms with E-state index < -0.39 is 39.4 Å². The molecule has 0 spiro atoms. The van der Waals surface area contributed by atoms with Gasteiger partial charge in [-0.05, 0) is 29.8 Å². The lowest BCUT2D eigenvalue weighted by atomic mass is 10.2. The Kier molecular flexibility index (Phi) is 6.96. The third-order valence-electron chi connectivity index (χ3n) is 3.91. The number of aromatic nitrogens is 2. The van der Waals surface area contributed by atoms with Gasteiger partial charge in [0.1, 0.15) is 12.2 Å². The molecule has 0 aliphatic carbocycles. The van der Waals surface area contributed by atoms with E-state index in [1.807, 2.05) is 10.3 Å². The van der Waals surface area contributed by atoms with Crippen LogP contribution in [-0.2, 0) is 27.5 Å². The summed E-state index contributed by atoms with van der Waals surface area (Å²) >= 11 is 5.70. The number of rotatable bonds is 7. The molecule has 0 aliphatic rings. The molecule has 3 aromatic rings. The van der Waals surface area contributed by atoms with E-state index in [1.165, 1.54) is 24.3 Å². The molecule has 1 heterocycles. The van der Waals surface area contributed by atoms with Gasteiger partial charge in [-0.2, -0.15) is 13.2 Å². The Balaban J connectivity index is 1.77. The van der Waals surface area contributed by atoms with E-state index in [4.69, 9.17) is 16.3 Å². The molecule has 168 valence electrons. The number of hydrazine groups is 1. The molecule has 0 saturated heterocycles. The molecule has 2 N–H and O–H groups in total. The Morgan fingerprint density at radius 1 is 1.06 bits per heavy atom. The van der Waals surface area contributed by atoms with Gasteiger partial charge in [-0.3, -0.25) is 5.43 Å². The SMILES string of the molecule is O=C(OCc1ccccc1)c1cnc(NNS(=O)(=O)c2ccc(Cl)cc2)nc1C(F)(F)F. The predicted molar refractivity (Wildman–Crippen MR) is 108 cm³/mol. The Hall–Kier alpha value is -3.22. The quantitative estimate of drug-likeness (QED) is 0.386. The van der Waals surface area contributed by atoms with Crippen molar-refractivity contribution in [3.63, 3.8) is 0 Å². The molecule has 0 bridgehead atoms. The predicted octanol–water partition coefficient (Wildman–Crippen LogP) is 3.81. The lowest BCUT2D eigenvalue weighted by molar-refractivity contribution is -0.141. The van der Waals surface area contributed by atoms with Gasteiger partial charge in [-0.15, -0.1) is 4.83 Å². The van der Waals surface area contributed by atoms with Crippen LogP contribution in [0.15, 0.2) is 65.7 Å². The van der Waals surface area contributed by atoms with Gasteiger partial charge >= 0.3 is 12.1 Å². The van der Waals surface area contributed by atoms with Crippen molar-refractivity contribution < 1.29 is 31.1 Å². The number of halogens is 4. The van der Waals surface area contributed by atoms with Gasteiger partial charge in [0.15, 0.2) is 5.69 Å². The number of esters is 1. The lowest BCUT2D eigenvalue weighted by Crippen LogP contribution is -2.31. The summed E-state index contributed by atoms with van der Waals surface area (Å²) in [5.41, 5.74) is 0.0619. The zero-order chi connectivity index (χ0) is 23.4. The zero-order valence-corrected chi connectivity index (χ0v) is 17.5. The summed E-state index contributed by atoms with van der Waals surface area (Å²) in [4.78, 5) is 20.6. The largest absolute Gasteiger partial charge is 0.457 e. The minimum Gasteiger partial charge on any atom is -0.457 e. The van der Waals surface area contributed by atoms with E-state index in [2.05, 4.69) is 9.97 Å². The maximum atomic E-state index is 13.5. The van der Waals surface area contributed by atoms with E-state index in [0.29, 0.717) is 16.8 Å². The van der Waals surface area contributed by atoms with Crippen LogP contribution in [0.1, 0.15) is 21.6 Å². The van der Waals surface area contributed by atoms with Crippen LogP contribution in [0.4, 0.5) is 19.1 Å². The number of alkyl halides is 3. The molecule has 0 saturated carbocycles. The van der Waals surface area contributed by atoms with Crippen molar-refractivity contribution in [2.45, 2.75) is 17.7 Å². The molecule has 0 radical (unpaired) electrons. The first-order valence-corrected chi connectivity index (χ1v) is 10.6. The number of hydrogen-bond acceptors (Lipinski definition) is 7. The number of anilines is 1. The van der Waals surface area contributed by atoms with Crippen LogP contribution >= 0.6 is 11.6 Å². The first kappa shape index (κ1) is 23.4. The number of carbonyl (C=O) groups is 1. The number of benzene rings is 2. The van der Waals surface area contributed by atoms with Gasteiger partial charge in [-0.1, -0.05) is 41.9 Å². The van der Waals surface area contributed by atoms with Crippen molar-refractivity contribution in [1.29, 1.82) is 0 Å². The highest BCUT2D eigenvalue weighted by Crippen LogP contribution is 2.31. The number of nitrogens with zero attached hydrogens (tertiary/aromatic N) is 2. The lowest BCUT2D eigenvalue weighted by Gasteiger charge is -2.13. The molecule has 2 aromatic carbocycles. The second kappa shape index (κ2) is 9.51. The minimum absolute atomic E-state index is 0.202. The van der Waals surface area contributed by atoms with Crippen LogP contribution in [0.2, 0.25) is 5.02 Å². The van der Waals surface area contributed by atoms with Gasteiger partial charge in [0.05, 0.1) is 4.90 Å². The Labute approximate surface area is 185 Å². The first-order valence-electron chi connectivity index (χ1n) is 8.75. The number of carbonyl (C=O) groups excluding carboxylic acids is 1. The molecule has 0 amide bonds. The summed E-state index contributed by atoms with van der Waals surface area (Å²) in [5, 5.41) is 0.296. The molecule has 0 fully saturated rings. The van der Waals surface area contributed by atoms with Crippen LogP contribution in [0.25, 0.3) is 0 Å². The fourth-order valence-electron chi connectivity index (χ4n) is 2.39. The van der Waals surface area contributed by atoms with E-state index in [-0.39, 0.29) is 11.5 Å². The highest BCUT2D eigenvalue weighted by atomic mass is 35.5.